The van der Waals surface area contributed by atoms with Crippen molar-refractivity contribution < 1.29 is 4.57 Å². The van der Waals surface area contributed by atoms with Gasteiger partial charge in [-0.3, -0.25) is 0 Å². The van der Waals surface area contributed by atoms with Gasteiger partial charge in [-0.15, -0.1) is 0 Å². The molecule has 0 bridgehead atoms. The van der Waals surface area contributed by atoms with E-state index in [0.29, 0.717) is 0 Å². The molecule has 0 aliphatic rings. The Labute approximate surface area is 116 Å². The predicted octanol–water partition coefficient (Wildman–Crippen LogP) is 3.54. The van der Waals surface area contributed by atoms with Crippen LogP contribution in [0.4, 0.5) is 0 Å². The van der Waals surface area contributed by atoms with Gasteiger partial charge in [0.15, 0.2) is 18.9 Å². The quantitative estimate of drug-likeness (QED) is 0.546. The van der Waals surface area contributed by atoms with Crippen molar-refractivity contribution in [3.8, 4) is 0 Å². The molecule has 0 unspecified atom stereocenters. The van der Waals surface area contributed by atoms with Crippen LogP contribution in [0, 0.1) is 0 Å². The van der Waals surface area contributed by atoms with Crippen LogP contribution in [-0.4, -0.2) is 4.98 Å². The first-order valence-corrected chi connectivity index (χ1v) is 7.26. The second kappa shape index (κ2) is 7.67. The summed E-state index contributed by atoms with van der Waals surface area (Å²) in [6.07, 6.45) is 12.4. The van der Waals surface area contributed by atoms with E-state index >= 15 is 0 Å². The van der Waals surface area contributed by atoms with E-state index in [1.54, 1.807) is 0 Å². The molecule has 0 aliphatic carbocycles. The zero-order valence-corrected chi connectivity index (χ0v) is 11.8. The molecule has 1 heterocycles. The van der Waals surface area contributed by atoms with Crippen LogP contribution in [0.3, 0.4) is 0 Å². The van der Waals surface area contributed by atoms with E-state index in [-0.39, 0.29) is 0 Å². The molecule has 0 aliphatic heterocycles. The molecule has 19 heavy (non-hydrogen) atoms. The summed E-state index contributed by atoms with van der Waals surface area (Å²) < 4.78 is 2.22. The fourth-order valence-corrected chi connectivity index (χ4v) is 2.24. The fraction of sp³-hybridized carbons (Fsp3) is 0.412. The summed E-state index contributed by atoms with van der Waals surface area (Å²) >= 11 is 0. The Kier molecular flexibility index (Phi) is 5.54. The number of nitrogens with zero attached hydrogens (tertiary/aromatic N) is 2. The minimum atomic E-state index is 0.922. The number of benzene rings is 1. The maximum atomic E-state index is 4.46. The minimum absolute atomic E-state index is 0.922. The molecule has 0 saturated heterocycles. The number of aromatic nitrogens is 2. The third kappa shape index (κ3) is 4.82. The lowest BCUT2D eigenvalue weighted by Gasteiger charge is -2.01. The Morgan fingerprint density at radius 2 is 1.89 bits per heavy atom. The number of aryl methyl sites for hydroxylation is 1. The molecule has 2 nitrogen and oxygen atoms in total. The van der Waals surface area contributed by atoms with Crippen LogP contribution in [0.5, 0.6) is 0 Å². The molecule has 0 radical (unpaired) electrons. The lowest BCUT2D eigenvalue weighted by atomic mass is 10.1. The maximum absolute atomic E-state index is 4.46. The molecule has 0 N–H and O–H groups in total. The van der Waals surface area contributed by atoms with Crippen molar-refractivity contribution in [1.29, 1.82) is 0 Å². The van der Waals surface area contributed by atoms with Crippen LogP contribution >= 0.6 is 0 Å². The van der Waals surface area contributed by atoms with Crippen LogP contribution < -0.4 is 4.57 Å². The normalized spacial score (nSPS) is 10.6. The molecular weight excluding hydrogens is 232 g/mol. The third-order valence-corrected chi connectivity index (χ3v) is 3.31. The standard InChI is InChI=1S/C17H23N2/c1-2-3-4-8-11-17-15-19(13-12-18-17)14-16-9-6-5-7-10-16/h5-7,9-10,12-13,15H,2-4,8,11,14H2,1H3/q+1. The highest BCUT2D eigenvalue weighted by atomic mass is 15.0. The second-order valence-electron chi connectivity index (χ2n) is 5.02. The maximum Gasteiger partial charge on any atom is 0.190 e. The number of hydrogen-bond donors (Lipinski definition) is 0. The van der Waals surface area contributed by atoms with Crippen molar-refractivity contribution in [2.45, 2.75) is 45.6 Å². The number of unbranched alkanes of at least 4 members (excludes halogenated alkanes) is 3. The van der Waals surface area contributed by atoms with Gasteiger partial charge in [0, 0.05) is 5.56 Å². The van der Waals surface area contributed by atoms with Gasteiger partial charge in [-0.25, -0.2) is 4.98 Å². The molecular formula is C17H23N2+. The highest BCUT2D eigenvalue weighted by Crippen LogP contribution is 2.04. The average Bonchev–Trinajstić information content (AvgIpc) is 2.45. The highest BCUT2D eigenvalue weighted by molar-refractivity contribution is 5.13. The molecule has 0 amide bonds. The average molecular weight is 255 g/mol. The first-order chi connectivity index (χ1) is 9.38. The summed E-state index contributed by atoms with van der Waals surface area (Å²) in [6, 6.07) is 10.5. The molecule has 2 aromatic rings. The monoisotopic (exact) mass is 255 g/mol. The Hall–Kier alpha value is -1.70. The molecule has 0 saturated carbocycles. The zero-order valence-electron chi connectivity index (χ0n) is 11.8. The Balaban J connectivity index is 1.91. The van der Waals surface area contributed by atoms with E-state index in [0.717, 1.165) is 13.0 Å². The zero-order chi connectivity index (χ0) is 13.3. The number of hydrogen-bond acceptors (Lipinski definition) is 1. The van der Waals surface area contributed by atoms with Crippen LogP contribution in [0.1, 0.15) is 43.9 Å². The van der Waals surface area contributed by atoms with Crippen LogP contribution in [0.25, 0.3) is 0 Å². The lowest BCUT2D eigenvalue weighted by molar-refractivity contribution is -0.689. The van der Waals surface area contributed by atoms with E-state index in [2.05, 4.69) is 53.0 Å². The van der Waals surface area contributed by atoms with Gasteiger partial charge in [0.05, 0.1) is 6.20 Å². The van der Waals surface area contributed by atoms with E-state index in [9.17, 15) is 0 Å². The third-order valence-electron chi connectivity index (χ3n) is 3.31. The topological polar surface area (TPSA) is 16.8 Å². The fourth-order valence-electron chi connectivity index (χ4n) is 2.24. The van der Waals surface area contributed by atoms with Gasteiger partial charge in [0.2, 0.25) is 0 Å². The summed E-state index contributed by atoms with van der Waals surface area (Å²) in [7, 11) is 0. The van der Waals surface area contributed by atoms with Gasteiger partial charge in [0.1, 0.15) is 5.69 Å². The Bertz CT molecular complexity index is 480. The highest BCUT2D eigenvalue weighted by Gasteiger charge is 2.05. The van der Waals surface area contributed by atoms with Gasteiger partial charge >= 0.3 is 0 Å². The van der Waals surface area contributed by atoms with Crippen molar-refractivity contribution in [2.24, 2.45) is 0 Å². The molecule has 0 fully saturated rings. The van der Waals surface area contributed by atoms with Crippen molar-refractivity contribution in [3.63, 3.8) is 0 Å². The van der Waals surface area contributed by atoms with E-state index in [4.69, 9.17) is 0 Å². The summed E-state index contributed by atoms with van der Waals surface area (Å²) in [4.78, 5) is 4.46. The van der Waals surface area contributed by atoms with E-state index < -0.39 is 0 Å². The summed E-state index contributed by atoms with van der Waals surface area (Å²) in [5, 5.41) is 0. The van der Waals surface area contributed by atoms with E-state index in [1.165, 1.54) is 36.9 Å². The van der Waals surface area contributed by atoms with Crippen LogP contribution in [-0.2, 0) is 13.0 Å². The molecule has 0 atom stereocenters. The largest absolute Gasteiger partial charge is 0.249 e. The van der Waals surface area contributed by atoms with Crippen molar-refractivity contribution in [2.75, 3.05) is 0 Å². The molecule has 100 valence electrons. The molecule has 1 aromatic carbocycles. The molecule has 1 aromatic heterocycles. The van der Waals surface area contributed by atoms with Gasteiger partial charge in [0.25, 0.3) is 0 Å². The summed E-state index contributed by atoms with van der Waals surface area (Å²) in [5.41, 5.74) is 2.53. The molecule has 2 rings (SSSR count). The van der Waals surface area contributed by atoms with Gasteiger partial charge < -0.3 is 0 Å². The first kappa shape index (κ1) is 13.7. The molecule has 2 heteroatoms. The van der Waals surface area contributed by atoms with Crippen molar-refractivity contribution in [3.05, 3.63) is 60.2 Å². The van der Waals surface area contributed by atoms with Gasteiger partial charge in [-0.1, -0.05) is 56.5 Å². The van der Waals surface area contributed by atoms with Crippen LogP contribution in [0.2, 0.25) is 0 Å². The smallest absolute Gasteiger partial charge is 0.190 e. The first-order valence-electron chi connectivity index (χ1n) is 7.26. The van der Waals surface area contributed by atoms with Crippen LogP contribution in [0.15, 0.2) is 48.9 Å². The minimum Gasteiger partial charge on any atom is -0.249 e. The SMILES string of the molecule is CCCCCCc1c[n+](Cc2ccccc2)ccn1. The Morgan fingerprint density at radius 3 is 2.68 bits per heavy atom. The summed E-state index contributed by atoms with van der Waals surface area (Å²) in [6.45, 7) is 3.17. The van der Waals surface area contributed by atoms with Crippen molar-refractivity contribution >= 4 is 0 Å². The van der Waals surface area contributed by atoms with Gasteiger partial charge in [-0.05, 0) is 12.8 Å². The summed E-state index contributed by atoms with van der Waals surface area (Å²) in [5.74, 6) is 0. The number of rotatable bonds is 7. The van der Waals surface area contributed by atoms with Gasteiger partial charge in [-0.2, -0.15) is 4.57 Å². The van der Waals surface area contributed by atoms with E-state index in [1.807, 2.05) is 12.4 Å². The Morgan fingerprint density at radius 1 is 1.05 bits per heavy atom. The predicted molar refractivity (Wildman–Crippen MR) is 77.8 cm³/mol. The lowest BCUT2D eigenvalue weighted by Crippen LogP contribution is -2.34. The molecule has 0 spiro atoms. The van der Waals surface area contributed by atoms with Crippen molar-refractivity contribution in [1.82, 2.24) is 4.98 Å². The second-order valence-corrected chi connectivity index (χ2v) is 5.02.